The quantitative estimate of drug-likeness (QED) is 0.768. The molecule has 1 N–H and O–H groups in total. The third-order valence-corrected chi connectivity index (χ3v) is 4.48. The fourth-order valence-electron chi connectivity index (χ4n) is 1.83. The molecule has 1 atom stereocenters. The highest BCUT2D eigenvalue weighted by Crippen LogP contribution is 2.31. The topological polar surface area (TPSA) is 74.7 Å². The van der Waals surface area contributed by atoms with Crippen LogP contribution in [0.1, 0.15) is 0 Å². The molecule has 1 aliphatic heterocycles. The van der Waals surface area contributed by atoms with Gasteiger partial charge < -0.3 is 10.0 Å². The van der Waals surface area contributed by atoms with Crippen LogP contribution in [0, 0.1) is 0 Å². The lowest BCUT2D eigenvalue weighted by atomic mass is 10.2. The van der Waals surface area contributed by atoms with Crippen molar-refractivity contribution in [3.05, 3.63) is 24.3 Å². The first-order valence-corrected chi connectivity index (χ1v) is 6.36. The molecule has 1 aromatic rings. The molecule has 0 spiro atoms. The van der Waals surface area contributed by atoms with Crippen LogP contribution in [0.3, 0.4) is 0 Å². The zero-order chi connectivity index (χ0) is 11.9. The molecule has 86 valence electrons. The van der Waals surface area contributed by atoms with E-state index < -0.39 is 21.8 Å². The maximum atomic E-state index is 11.8. The van der Waals surface area contributed by atoms with Crippen LogP contribution in [0.2, 0.25) is 0 Å². The molecule has 6 heteroatoms. The number of hydrogen-bond donors (Lipinski definition) is 1. The molecule has 1 aliphatic rings. The van der Waals surface area contributed by atoms with Gasteiger partial charge in [0, 0.05) is 7.05 Å². The van der Waals surface area contributed by atoms with Gasteiger partial charge in [-0.05, 0) is 12.1 Å². The Morgan fingerprint density at radius 2 is 2.06 bits per heavy atom. The Balaban J connectivity index is 2.63. The number of sulfone groups is 1. The SMILES string of the molecule is CN1c2ccccc2S(=O)(=O)CC1C(=O)O. The molecule has 1 unspecified atom stereocenters. The number of nitrogens with zero attached hydrogens (tertiary/aromatic N) is 1. The summed E-state index contributed by atoms with van der Waals surface area (Å²) in [7, 11) is -1.90. The number of rotatable bonds is 1. The number of para-hydroxylation sites is 1. The van der Waals surface area contributed by atoms with Gasteiger partial charge in [0.15, 0.2) is 9.84 Å². The van der Waals surface area contributed by atoms with Crippen molar-refractivity contribution in [3.63, 3.8) is 0 Å². The van der Waals surface area contributed by atoms with Gasteiger partial charge in [-0.2, -0.15) is 0 Å². The number of anilines is 1. The molecule has 0 amide bonds. The molecule has 16 heavy (non-hydrogen) atoms. The van der Waals surface area contributed by atoms with Crippen molar-refractivity contribution >= 4 is 21.5 Å². The minimum absolute atomic E-state index is 0.204. The number of aliphatic carboxylic acids is 1. The van der Waals surface area contributed by atoms with Crippen molar-refractivity contribution < 1.29 is 18.3 Å². The van der Waals surface area contributed by atoms with Crippen LogP contribution in [0.15, 0.2) is 29.2 Å². The van der Waals surface area contributed by atoms with Crippen molar-refractivity contribution in [3.8, 4) is 0 Å². The minimum atomic E-state index is -3.49. The monoisotopic (exact) mass is 241 g/mol. The molecule has 1 heterocycles. The molecule has 0 saturated carbocycles. The summed E-state index contributed by atoms with van der Waals surface area (Å²) in [5, 5.41) is 8.96. The van der Waals surface area contributed by atoms with E-state index in [4.69, 9.17) is 5.11 Å². The summed E-state index contributed by atoms with van der Waals surface area (Å²) in [4.78, 5) is 12.6. The van der Waals surface area contributed by atoms with Crippen LogP contribution in [0.25, 0.3) is 0 Å². The van der Waals surface area contributed by atoms with Crippen LogP contribution in [0.5, 0.6) is 0 Å². The highest BCUT2D eigenvalue weighted by Gasteiger charge is 2.37. The first-order chi connectivity index (χ1) is 7.43. The molecule has 0 bridgehead atoms. The summed E-state index contributed by atoms with van der Waals surface area (Å²) >= 11 is 0. The molecule has 0 aliphatic carbocycles. The maximum Gasteiger partial charge on any atom is 0.327 e. The zero-order valence-electron chi connectivity index (χ0n) is 8.62. The summed E-state index contributed by atoms with van der Waals surface area (Å²) in [5.41, 5.74) is 0.446. The largest absolute Gasteiger partial charge is 0.480 e. The molecule has 2 rings (SSSR count). The molecule has 0 saturated heterocycles. The molecule has 5 nitrogen and oxygen atoms in total. The smallest absolute Gasteiger partial charge is 0.327 e. The van der Waals surface area contributed by atoms with Crippen molar-refractivity contribution in [2.75, 3.05) is 17.7 Å². The van der Waals surface area contributed by atoms with Gasteiger partial charge in [-0.3, -0.25) is 0 Å². The molecular formula is C10H11NO4S. The summed E-state index contributed by atoms with van der Waals surface area (Å²) in [6.07, 6.45) is 0. The third kappa shape index (κ3) is 1.55. The number of fused-ring (bicyclic) bond motifs is 1. The van der Waals surface area contributed by atoms with Gasteiger partial charge in [-0.15, -0.1) is 0 Å². The third-order valence-electron chi connectivity index (χ3n) is 2.71. The van der Waals surface area contributed by atoms with E-state index in [0.717, 1.165) is 0 Å². The lowest BCUT2D eigenvalue weighted by molar-refractivity contribution is -0.138. The van der Waals surface area contributed by atoms with Crippen LogP contribution < -0.4 is 4.90 Å². The standard InChI is InChI=1S/C10H11NO4S/c1-11-7-4-2-3-5-9(7)16(14,15)6-8(11)10(12)13/h2-5,8H,6H2,1H3,(H,12,13). The van der Waals surface area contributed by atoms with Crippen molar-refractivity contribution in [2.45, 2.75) is 10.9 Å². The second kappa shape index (κ2) is 3.48. The van der Waals surface area contributed by atoms with Crippen LogP contribution >= 0.6 is 0 Å². The Morgan fingerprint density at radius 1 is 1.44 bits per heavy atom. The second-order valence-corrected chi connectivity index (χ2v) is 5.72. The van der Waals surface area contributed by atoms with E-state index in [-0.39, 0.29) is 10.6 Å². The highest BCUT2D eigenvalue weighted by atomic mass is 32.2. The molecule has 0 aromatic heterocycles. The van der Waals surface area contributed by atoms with E-state index in [0.29, 0.717) is 5.69 Å². The van der Waals surface area contributed by atoms with Crippen molar-refractivity contribution in [1.82, 2.24) is 0 Å². The fraction of sp³-hybridized carbons (Fsp3) is 0.300. The molecular weight excluding hydrogens is 230 g/mol. The van der Waals surface area contributed by atoms with Gasteiger partial charge in [0.2, 0.25) is 0 Å². The Kier molecular flexibility index (Phi) is 2.38. The van der Waals surface area contributed by atoms with Crippen LogP contribution in [-0.4, -0.2) is 38.3 Å². The lowest BCUT2D eigenvalue weighted by Crippen LogP contribution is -2.47. The number of carbonyl (C=O) groups is 1. The predicted octanol–water partition coefficient (Wildman–Crippen LogP) is 0.363. The summed E-state index contributed by atoms with van der Waals surface area (Å²) < 4.78 is 23.7. The Hall–Kier alpha value is -1.56. The first kappa shape index (κ1) is 10.9. The van der Waals surface area contributed by atoms with Crippen molar-refractivity contribution in [1.29, 1.82) is 0 Å². The molecule has 0 radical (unpaired) electrons. The zero-order valence-corrected chi connectivity index (χ0v) is 9.44. The van der Waals surface area contributed by atoms with Gasteiger partial charge in [-0.1, -0.05) is 12.1 Å². The summed E-state index contributed by atoms with van der Waals surface area (Å²) in [5.74, 6) is -1.50. The van der Waals surface area contributed by atoms with Gasteiger partial charge in [0.05, 0.1) is 16.3 Å². The van der Waals surface area contributed by atoms with Crippen LogP contribution in [0.4, 0.5) is 5.69 Å². The van der Waals surface area contributed by atoms with Crippen LogP contribution in [-0.2, 0) is 14.6 Å². The number of hydrogen-bond acceptors (Lipinski definition) is 4. The van der Waals surface area contributed by atoms with Gasteiger partial charge in [0.1, 0.15) is 6.04 Å². The van der Waals surface area contributed by atoms with Gasteiger partial charge in [-0.25, -0.2) is 13.2 Å². The average molecular weight is 241 g/mol. The van der Waals surface area contributed by atoms with E-state index in [2.05, 4.69) is 0 Å². The maximum absolute atomic E-state index is 11.8. The summed E-state index contributed by atoms with van der Waals surface area (Å²) in [6, 6.07) is 5.42. The van der Waals surface area contributed by atoms with Crippen molar-refractivity contribution in [2.24, 2.45) is 0 Å². The van der Waals surface area contributed by atoms with E-state index in [1.165, 1.54) is 11.0 Å². The Labute approximate surface area is 93.2 Å². The summed E-state index contributed by atoms with van der Waals surface area (Å²) in [6.45, 7) is 0. The second-order valence-electron chi connectivity index (χ2n) is 3.71. The van der Waals surface area contributed by atoms with Gasteiger partial charge >= 0.3 is 5.97 Å². The molecule has 1 aromatic carbocycles. The minimum Gasteiger partial charge on any atom is -0.480 e. The highest BCUT2D eigenvalue weighted by molar-refractivity contribution is 7.91. The predicted molar refractivity (Wildman–Crippen MR) is 58.3 cm³/mol. The normalized spacial score (nSPS) is 22.6. The molecule has 0 fully saturated rings. The van der Waals surface area contributed by atoms with E-state index in [1.807, 2.05) is 0 Å². The average Bonchev–Trinajstić information content (AvgIpc) is 2.23. The Morgan fingerprint density at radius 3 is 2.69 bits per heavy atom. The number of likely N-dealkylation sites (N-methyl/N-ethyl adjacent to an activating group) is 1. The van der Waals surface area contributed by atoms with E-state index in [9.17, 15) is 13.2 Å². The van der Waals surface area contributed by atoms with E-state index >= 15 is 0 Å². The Bertz CT molecular complexity index is 538. The number of benzene rings is 1. The van der Waals surface area contributed by atoms with Gasteiger partial charge in [0.25, 0.3) is 0 Å². The van der Waals surface area contributed by atoms with E-state index in [1.54, 1.807) is 25.2 Å². The lowest BCUT2D eigenvalue weighted by Gasteiger charge is -2.32. The number of carboxylic acid groups (broad SMARTS) is 1. The fourth-order valence-corrected chi connectivity index (χ4v) is 3.60. The first-order valence-electron chi connectivity index (χ1n) is 4.71. The number of carboxylic acids is 1.